The van der Waals surface area contributed by atoms with Gasteiger partial charge in [-0.3, -0.25) is 4.79 Å². The van der Waals surface area contributed by atoms with Gasteiger partial charge < -0.3 is 10.2 Å². The van der Waals surface area contributed by atoms with Crippen LogP contribution in [0, 0.1) is 40.4 Å². The third-order valence-corrected chi connectivity index (χ3v) is 10.7. The highest BCUT2D eigenvalue weighted by molar-refractivity contribution is 5.94. The summed E-state index contributed by atoms with van der Waals surface area (Å²) in [5.41, 5.74) is 0.366. The lowest BCUT2D eigenvalue weighted by Crippen LogP contribution is -2.55. The SMILES string of the molecule is CC[C@]1(O)CC[C@@]2(C)C(=CC(=O)[C@@H]3C2CC[C@@]2(C)C3CC[C@@H]2[C@H](C)CCC(C)(C)O)C1. The van der Waals surface area contributed by atoms with E-state index in [0.29, 0.717) is 35.9 Å². The number of aliphatic hydroxyl groups is 2. The van der Waals surface area contributed by atoms with Crippen molar-refractivity contribution in [1.82, 2.24) is 0 Å². The van der Waals surface area contributed by atoms with Gasteiger partial charge in [0.1, 0.15) is 0 Å². The van der Waals surface area contributed by atoms with Crippen molar-refractivity contribution in [3.8, 4) is 0 Å². The fraction of sp³-hybridized carbons (Fsp3) is 0.893. The van der Waals surface area contributed by atoms with Gasteiger partial charge >= 0.3 is 0 Å². The van der Waals surface area contributed by atoms with E-state index in [-0.39, 0.29) is 16.7 Å². The minimum Gasteiger partial charge on any atom is -0.390 e. The van der Waals surface area contributed by atoms with E-state index in [1.165, 1.54) is 24.8 Å². The Morgan fingerprint density at radius 1 is 1.13 bits per heavy atom. The van der Waals surface area contributed by atoms with Gasteiger partial charge in [-0.15, -0.1) is 0 Å². The van der Waals surface area contributed by atoms with E-state index in [1.807, 2.05) is 19.9 Å². The fourth-order valence-electron chi connectivity index (χ4n) is 8.52. The molecule has 0 aromatic carbocycles. The molecule has 0 spiro atoms. The molecule has 8 atom stereocenters. The fourth-order valence-corrected chi connectivity index (χ4v) is 8.52. The second-order valence-electron chi connectivity index (χ2n) is 13.0. The maximum atomic E-state index is 13.6. The van der Waals surface area contributed by atoms with Gasteiger partial charge in [-0.2, -0.15) is 0 Å². The predicted octanol–water partition coefficient (Wildman–Crippen LogP) is 6.07. The van der Waals surface area contributed by atoms with Crippen LogP contribution in [-0.2, 0) is 4.79 Å². The minimum absolute atomic E-state index is 0.0892. The van der Waals surface area contributed by atoms with Gasteiger partial charge in [0.2, 0.25) is 0 Å². The van der Waals surface area contributed by atoms with Crippen molar-refractivity contribution in [3.05, 3.63) is 11.6 Å². The molecule has 3 fully saturated rings. The average Bonchev–Trinajstić information content (AvgIpc) is 3.04. The number of hydrogen-bond acceptors (Lipinski definition) is 3. The van der Waals surface area contributed by atoms with Gasteiger partial charge in [0, 0.05) is 5.92 Å². The third kappa shape index (κ3) is 3.86. The molecule has 4 aliphatic carbocycles. The van der Waals surface area contributed by atoms with Crippen LogP contribution < -0.4 is 0 Å². The Bertz CT molecular complexity index is 748. The van der Waals surface area contributed by atoms with Crippen molar-refractivity contribution in [1.29, 1.82) is 0 Å². The van der Waals surface area contributed by atoms with Gasteiger partial charge in [0.25, 0.3) is 0 Å². The van der Waals surface area contributed by atoms with E-state index in [2.05, 4.69) is 27.7 Å². The van der Waals surface area contributed by atoms with Crippen molar-refractivity contribution in [2.24, 2.45) is 40.4 Å². The molecular weight excluding hydrogens is 384 g/mol. The lowest BCUT2D eigenvalue weighted by molar-refractivity contribution is -0.136. The van der Waals surface area contributed by atoms with Gasteiger partial charge in [-0.1, -0.05) is 33.3 Å². The van der Waals surface area contributed by atoms with Crippen LogP contribution in [0.5, 0.6) is 0 Å². The maximum Gasteiger partial charge on any atom is 0.159 e. The van der Waals surface area contributed by atoms with Crippen LogP contribution in [0.15, 0.2) is 11.6 Å². The van der Waals surface area contributed by atoms with Crippen LogP contribution in [0.1, 0.15) is 106 Å². The number of hydrogen-bond donors (Lipinski definition) is 2. The molecule has 31 heavy (non-hydrogen) atoms. The van der Waals surface area contributed by atoms with Gasteiger partial charge in [-0.05, 0) is 119 Å². The summed E-state index contributed by atoms with van der Waals surface area (Å²) in [6, 6.07) is 0. The van der Waals surface area contributed by atoms with Crippen LogP contribution in [0.4, 0.5) is 0 Å². The Balaban J connectivity index is 1.58. The first-order chi connectivity index (χ1) is 14.3. The summed E-state index contributed by atoms with van der Waals surface area (Å²) >= 11 is 0. The molecule has 0 amide bonds. The first kappa shape index (κ1) is 23.5. The molecular formula is C28H46O3. The lowest BCUT2D eigenvalue weighted by atomic mass is 9.46. The zero-order valence-electron chi connectivity index (χ0n) is 20.8. The summed E-state index contributed by atoms with van der Waals surface area (Å²) in [6.45, 7) is 13.2. The number of fused-ring (bicyclic) bond motifs is 5. The maximum absolute atomic E-state index is 13.6. The molecule has 0 saturated heterocycles. The van der Waals surface area contributed by atoms with Crippen molar-refractivity contribution < 1.29 is 15.0 Å². The van der Waals surface area contributed by atoms with Crippen molar-refractivity contribution >= 4 is 5.78 Å². The summed E-state index contributed by atoms with van der Waals surface area (Å²) in [6.07, 6.45) is 12.0. The number of carbonyl (C=O) groups is 1. The van der Waals surface area contributed by atoms with E-state index >= 15 is 0 Å². The smallest absolute Gasteiger partial charge is 0.159 e. The molecule has 0 radical (unpaired) electrons. The van der Waals surface area contributed by atoms with E-state index < -0.39 is 11.2 Å². The molecule has 2 N–H and O–H groups in total. The minimum atomic E-state index is -0.615. The van der Waals surface area contributed by atoms with Crippen LogP contribution in [0.2, 0.25) is 0 Å². The second-order valence-corrected chi connectivity index (χ2v) is 13.0. The van der Waals surface area contributed by atoms with Gasteiger partial charge in [0.15, 0.2) is 5.78 Å². The molecule has 0 aromatic heterocycles. The Morgan fingerprint density at radius 2 is 1.84 bits per heavy atom. The Hall–Kier alpha value is -0.670. The zero-order valence-corrected chi connectivity index (χ0v) is 20.8. The molecule has 0 bridgehead atoms. The Morgan fingerprint density at radius 3 is 2.48 bits per heavy atom. The second kappa shape index (κ2) is 7.69. The van der Waals surface area contributed by atoms with Crippen molar-refractivity contribution in [2.45, 2.75) is 117 Å². The van der Waals surface area contributed by atoms with Gasteiger partial charge in [0.05, 0.1) is 11.2 Å². The predicted molar refractivity (Wildman–Crippen MR) is 126 cm³/mol. The van der Waals surface area contributed by atoms with Crippen LogP contribution in [0.25, 0.3) is 0 Å². The number of ketones is 1. The van der Waals surface area contributed by atoms with Crippen molar-refractivity contribution in [2.75, 3.05) is 0 Å². The third-order valence-electron chi connectivity index (χ3n) is 10.7. The highest BCUT2D eigenvalue weighted by Crippen LogP contribution is 2.67. The molecule has 176 valence electrons. The highest BCUT2D eigenvalue weighted by Gasteiger charge is 2.62. The number of rotatable bonds is 5. The van der Waals surface area contributed by atoms with Crippen LogP contribution in [0.3, 0.4) is 0 Å². The monoisotopic (exact) mass is 430 g/mol. The quantitative estimate of drug-likeness (QED) is 0.556. The summed E-state index contributed by atoms with van der Waals surface area (Å²) in [5, 5.41) is 21.2. The van der Waals surface area contributed by atoms with Crippen LogP contribution >= 0.6 is 0 Å². The first-order valence-corrected chi connectivity index (χ1v) is 13.0. The molecule has 2 unspecified atom stereocenters. The molecule has 4 rings (SSSR count). The molecule has 3 saturated carbocycles. The summed E-state index contributed by atoms with van der Waals surface area (Å²) < 4.78 is 0. The van der Waals surface area contributed by atoms with Gasteiger partial charge in [-0.25, -0.2) is 0 Å². The summed E-state index contributed by atoms with van der Waals surface area (Å²) in [5.74, 6) is 2.72. The normalized spacial score (nSPS) is 46.1. The van der Waals surface area contributed by atoms with Crippen LogP contribution in [-0.4, -0.2) is 27.2 Å². The largest absolute Gasteiger partial charge is 0.390 e. The first-order valence-electron chi connectivity index (χ1n) is 13.0. The number of carbonyl (C=O) groups excluding carboxylic acids is 1. The van der Waals surface area contributed by atoms with E-state index in [4.69, 9.17) is 0 Å². The molecule has 0 aliphatic heterocycles. The van der Waals surface area contributed by atoms with E-state index in [0.717, 1.165) is 38.5 Å². The Kier molecular flexibility index (Phi) is 5.83. The standard InChI is InChI=1S/C28H46O3/c1-7-28(31)15-14-26(5)19(17-28)16-23(29)24-21-9-8-20(18(2)10-12-25(3,4)30)27(21,6)13-11-22(24)26/h16,18,20-22,24,30-31H,7-15,17H2,1-6H3/t18-,20-,21?,22?,24+,26+,27-,28+/m1/s1. The molecule has 4 aliphatic rings. The number of allylic oxidation sites excluding steroid dienone is 1. The topological polar surface area (TPSA) is 57.5 Å². The molecule has 0 heterocycles. The average molecular weight is 431 g/mol. The molecule has 3 heteroatoms. The Labute approximate surface area is 190 Å². The molecule has 0 aromatic rings. The van der Waals surface area contributed by atoms with E-state index in [1.54, 1.807) is 0 Å². The summed E-state index contributed by atoms with van der Waals surface area (Å²) in [4.78, 5) is 13.6. The molecule has 3 nitrogen and oxygen atoms in total. The van der Waals surface area contributed by atoms with E-state index in [9.17, 15) is 15.0 Å². The summed E-state index contributed by atoms with van der Waals surface area (Å²) in [7, 11) is 0. The lowest BCUT2D eigenvalue weighted by Gasteiger charge is -2.58. The highest BCUT2D eigenvalue weighted by atomic mass is 16.3. The zero-order chi connectivity index (χ0) is 22.8. The van der Waals surface area contributed by atoms with Crippen molar-refractivity contribution in [3.63, 3.8) is 0 Å².